The Labute approximate surface area is 204 Å². The van der Waals surface area contributed by atoms with Crippen LogP contribution < -0.4 is 10.2 Å². The maximum absolute atomic E-state index is 10.2. The van der Waals surface area contributed by atoms with E-state index in [1.54, 1.807) is 30.3 Å². The first-order valence-electron chi connectivity index (χ1n) is 8.73. The van der Waals surface area contributed by atoms with Crippen molar-refractivity contribution in [1.82, 2.24) is 0 Å². The van der Waals surface area contributed by atoms with Crippen LogP contribution in [0.3, 0.4) is 0 Å². The third-order valence-corrected chi connectivity index (χ3v) is 3.65. The number of carbonyl (C=O) groups excluding carboxylic acids is 2. The van der Waals surface area contributed by atoms with Gasteiger partial charge in [0, 0.05) is 24.3 Å². The average molecular weight is 520 g/mol. The van der Waals surface area contributed by atoms with Crippen LogP contribution in [0.15, 0.2) is 78.9 Å². The fourth-order valence-electron chi connectivity index (χ4n) is 2.02. The van der Waals surface area contributed by atoms with E-state index in [0.717, 1.165) is 48.5 Å². The summed E-state index contributed by atoms with van der Waals surface area (Å²) >= 11 is 0. The van der Waals surface area contributed by atoms with E-state index in [2.05, 4.69) is 0 Å². The molecular formula is C21H14N2O10Zn. The number of carbonyl (C=O) groups is 3. The number of non-ortho nitro benzene ring substituents is 2. The molecule has 0 fully saturated rings. The average Bonchev–Trinajstić information content (AvgIpc) is 2.80. The number of carboxylic acid groups (broad SMARTS) is 3. The largest absolute Gasteiger partial charge is 2.00 e. The van der Waals surface area contributed by atoms with Crippen molar-refractivity contribution >= 4 is 29.3 Å². The van der Waals surface area contributed by atoms with Gasteiger partial charge in [0.05, 0.1) is 27.3 Å². The van der Waals surface area contributed by atoms with Crippen molar-refractivity contribution in [3.05, 3.63) is 116 Å². The molecule has 1 N–H and O–H groups in total. The molecule has 0 saturated heterocycles. The molecule has 0 bridgehead atoms. The van der Waals surface area contributed by atoms with Gasteiger partial charge >= 0.3 is 25.4 Å². The van der Waals surface area contributed by atoms with E-state index in [-0.39, 0.29) is 42.0 Å². The second-order valence-corrected chi connectivity index (χ2v) is 5.85. The van der Waals surface area contributed by atoms with Crippen LogP contribution in [0.25, 0.3) is 0 Å². The first kappa shape index (κ1) is 29.5. The van der Waals surface area contributed by atoms with Gasteiger partial charge < -0.3 is 24.9 Å². The van der Waals surface area contributed by atoms with E-state index >= 15 is 0 Å². The third kappa shape index (κ3) is 10.2. The Morgan fingerprint density at radius 2 is 0.912 bits per heavy atom. The van der Waals surface area contributed by atoms with Crippen molar-refractivity contribution in [2.75, 3.05) is 0 Å². The van der Waals surface area contributed by atoms with Gasteiger partial charge in [0.25, 0.3) is 11.4 Å². The molecule has 0 aliphatic rings. The predicted molar refractivity (Wildman–Crippen MR) is 108 cm³/mol. The van der Waals surface area contributed by atoms with Gasteiger partial charge in [-0.2, -0.15) is 0 Å². The molecule has 0 saturated carbocycles. The molecule has 0 aliphatic heterocycles. The van der Waals surface area contributed by atoms with Gasteiger partial charge in [-0.3, -0.25) is 20.2 Å². The van der Waals surface area contributed by atoms with Crippen molar-refractivity contribution in [3.63, 3.8) is 0 Å². The van der Waals surface area contributed by atoms with E-state index in [4.69, 9.17) is 5.11 Å². The minimum absolute atomic E-state index is 0. The van der Waals surface area contributed by atoms with Crippen molar-refractivity contribution < 1.29 is 59.0 Å². The Hall–Kier alpha value is -4.51. The molecule has 34 heavy (non-hydrogen) atoms. The minimum atomic E-state index is -1.34. The van der Waals surface area contributed by atoms with Gasteiger partial charge in [0.1, 0.15) is 0 Å². The number of rotatable bonds is 5. The molecular weight excluding hydrogens is 506 g/mol. The summed E-state index contributed by atoms with van der Waals surface area (Å²) in [6.07, 6.45) is 0. The van der Waals surface area contributed by atoms with Crippen LogP contribution in [0.1, 0.15) is 31.1 Å². The molecule has 3 aromatic rings. The molecule has 0 aromatic heterocycles. The zero-order chi connectivity index (χ0) is 25.0. The normalized spacial score (nSPS) is 8.94. The van der Waals surface area contributed by atoms with E-state index in [9.17, 15) is 44.8 Å². The summed E-state index contributed by atoms with van der Waals surface area (Å²) in [5.74, 6) is -3.56. The Morgan fingerprint density at radius 1 is 0.588 bits per heavy atom. The van der Waals surface area contributed by atoms with Crippen LogP contribution in [0.2, 0.25) is 0 Å². The van der Waals surface area contributed by atoms with Crippen LogP contribution >= 0.6 is 0 Å². The maximum atomic E-state index is 10.2. The molecule has 170 valence electrons. The molecule has 0 heterocycles. The summed E-state index contributed by atoms with van der Waals surface area (Å²) in [5.41, 5.74) is -0.0845. The number of nitro benzene ring substituents is 2. The van der Waals surface area contributed by atoms with Crippen LogP contribution in [-0.2, 0) is 19.5 Å². The van der Waals surface area contributed by atoms with Gasteiger partial charge in [-0.25, -0.2) is 4.79 Å². The maximum Gasteiger partial charge on any atom is 2.00 e. The topological polar surface area (TPSA) is 204 Å². The summed E-state index contributed by atoms with van der Waals surface area (Å²) in [4.78, 5) is 49.7. The zero-order valence-corrected chi connectivity index (χ0v) is 20.2. The van der Waals surface area contributed by atoms with E-state index in [0.29, 0.717) is 5.56 Å². The number of aromatic carboxylic acids is 3. The summed E-state index contributed by atoms with van der Waals surface area (Å²) in [5, 5.41) is 49.0. The quantitative estimate of drug-likeness (QED) is 0.290. The van der Waals surface area contributed by atoms with Crippen LogP contribution in [0.4, 0.5) is 11.4 Å². The molecule has 0 unspecified atom stereocenters. The second kappa shape index (κ2) is 14.5. The predicted octanol–water partition coefficient (Wildman–Crippen LogP) is 1.30. The van der Waals surface area contributed by atoms with Crippen LogP contribution in [-0.4, -0.2) is 32.9 Å². The van der Waals surface area contributed by atoms with Gasteiger partial charge in [0.15, 0.2) is 0 Å². The van der Waals surface area contributed by atoms with Gasteiger partial charge in [0.2, 0.25) is 0 Å². The fourth-order valence-corrected chi connectivity index (χ4v) is 2.02. The third-order valence-electron chi connectivity index (χ3n) is 3.65. The molecule has 3 rings (SSSR count). The molecule has 0 amide bonds. The number of hydrogen-bond donors (Lipinski definition) is 1. The molecule has 0 radical (unpaired) electrons. The molecule has 0 atom stereocenters. The minimum Gasteiger partial charge on any atom is -0.545 e. The van der Waals surface area contributed by atoms with Gasteiger partial charge in [-0.1, -0.05) is 18.2 Å². The standard InChI is InChI=1S/2C7H5NO4.C7H6O2.Zn/c2*9-7(10)5-1-3-6(4-2-5)8(11)12;8-7(9)6-4-2-1-3-5-6;/h2*1-4H,(H,9,10);1-5H,(H,8,9);/q;;;+2/p-2. The monoisotopic (exact) mass is 518 g/mol. The molecule has 13 heteroatoms. The Bertz CT molecular complexity index is 1000. The number of carboxylic acids is 3. The molecule has 12 nitrogen and oxygen atoms in total. The number of nitro groups is 2. The summed E-state index contributed by atoms with van der Waals surface area (Å²) in [6, 6.07) is 17.3. The first-order chi connectivity index (χ1) is 15.5. The van der Waals surface area contributed by atoms with Gasteiger partial charge in [-0.05, 0) is 47.5 Å². The van der Waals surface area contributed by atoms with Crippen molar-refractivity contribution in [1.29, 1.82) is 0 Å². The fraction of sp³-hybridized carbons (Fsp3) is 0. The molecule has 3 aromatic carbocycles. The Balaban J connectivity index is 0.000000479. The van der Waals surface area contributed by atoms with Crippen LogP contribution in [0, 0.1) is 20.2 Å². The SMILES string of the molecule is O=C(O)c1ccccc1.O=C([O-])c1ccc([N+](=O)[O-])cc1.O=C([O-])c1ccc([N+](=O)[O-])cc1.[Zn+2]. The number of nitrogens with zero attached hydrogens (tertiary/aromatic N) is 2. The van der Waals surface area contributed by atoms with Crippen molar-refractivity contribution in [2.24, 2.45) is 0 Å². The van der Waals surface area contributed by atoms with E-state index < -0.39 is 27.8 Å². The van der Waals surface area contributed by atoms with Gasteiger partial charge in [-0.15, -0.1) is 0 Å². The first-order valence-corrected chi connectivity index (χ1v) is 8.73. The molecule has 0 aliphatic carbocycles. The number of benzene rings is 3. The Kier molecular flexibility index (Phi) is 12.6. The van der Waals surface area contributed by atoms with Crippen LogP contribution in [0.5, 0.6) is 0 Å². The number of hydrogen-bond acceptors (Lipinski definition) is 9. The molecule has 0 spiro atoms. The zero-order valence-electron chi connectivity index (χ0n) is 17.2. The summed E-state index contributed by atoms with van der Waals surface area (Å²) in [7, 11) is 0. The van der Waals surface area contributed by atoms with E-state index in [1.807, 2.05) is 0 Å². The van der Waals surface area contributed by atoms with E-state index in [1.165, 1.54) is 0 Å². The smallest absolute Gasteiger partial charge is 0.545 e. The summed E-state index contributed by atoms with van der Waals surface area (Å²) < 4.78 is 0. The Morgan fingerprint density at radius 3 is 1.12 bits per heavy atom. The summed E-state index contributed by atoms with van der Waals surface area (Å²) in [6.45, 7) is 0. The van der Waals surface area contributed by atoms with Crippen molar-refractivity contribution in [3.8, 4) is 0 Å². The second-order valence-electron chi connectivity index (χ2n) is 5.85. The van der Waals surface area contributed by atoms with Crippen molar-refractivity contribution in [2.45, 2.75) is 0 Å².